The summed E-state index contributed by atoms with van der Waals surface area (Å²) in [5.74, 6) is 3.86. The van der Waals surface area contributed by atoms with E-state index in [1.165, 1.54) is 5.69 Å². The molecule has 0 spiro atoms. The monoisotopic (exact) mass is 417 g/mol. The number of imidazole rings is 2. The fourth-order valence-corrected chi connectivity index (χ4v) is 4.31. The van der Waals surface area contributed by atoms with Crippen molar-refractivity contribution in [3.05, 3.63) is 42.3 Å². The summed E-state index contributed by atoms with van der Waals surface area (Å²) in [6, 6.07) is 0.259. The molecule has 0 amide bonds. The van der Waals surface area contributed by atoms with E-state index in [0.29, 0.717) is 5.92 Å². The van der Waals surface area contributed by atoms with Crippen LogP contribution in [0, 0.1) is 6.92 Å². The summed E-state index contributed by atoms with van der Waals surface area (Å²) in [5.41, 5.74) is 3.78. The van der Waals surface area contributed by atoms with Gasteiger partial charge in [0.25, 0.3) is 0 Å². The fourth-order valence-electron chi connectivity index (χ4n) is 4.31. The van der Waals surface area contributed by atoms with E-state index in [-0.39, 0.29) is 6.04 Å². The van der Waals surface area contributed by atoms with Crippen LogP contribution in [-0.2, 0) is 19.5 Å². The van der Waals surface area contributed by atoms with Crippen molar-refractivity contribution in [1.29, 1.82) is 0 Å². The average Bonchev–Trinajstić information content (AvgIpc) is 3.36. The van der Waals surface area contributed by atoms with Crippen LogP contribution in [-0.4, -0.2) is 45.1 Å². The molecule has 4 aromatic rings. The number of hydrogen-bond donors (Lipinski definition) is 1. The molecular weight excluding hydrogens is 390 g/mol. The van der Waals surface area contributed by atoms with E-state index >= 15 is 0 Å². The molecule has 5 heterocycles. The van der Waals surface area contributed by atoms with E-state index in [2.05, 4.69) is 60.1 Å². The minimum atomic E-state index is 0.259. The van der Waals surface area contributed by atoms with Gasteiger partial charge in [-0.2, -0.15) is 0 Å². The maximum Gasteiger partial charge on any atom is 0.165 e. The summed E-state index contributed by atoms with van der Waals surface area (Å²) >= 11 is 0. The molecule has 1 N–H and O–H groups in total. The quantitative estimate of drug-likeness (QED) is 0.531. The maximum atomic E-state index is 4.91. The first-order valence-electron chi connectivity index (χ1n) is 10.9. The number of rotatable bonds is 5. The van der Waals surface area contributed by atoms with Crippen LogP contribution in [0.2, 0.25) is 0 Å². The van der Waals surface area contributed by atoms with Gasteiger partial charge in [-0.3, -0.25) is 0 Å². The Hall–Kier alpha value is -3.36. The maximum absolute atomic E-state index is 4.91. The SMILES string of the molecule is CCn1c(-c2cnc(C)nc2)nc2c(N[C@@H]3CCc4cnc(C(C)C)n4C3)ncnc21. The van der Waals surface area contributed by atoms with Gasteiger partial charge in [-0.1, -0.05) is 13.8 Å². The van der Waals surface area contributed by atoms with Crippen LogP contribution < -0.4 is 5.32 Å². The number of nitrogens with one attached hydrogen (secondary N) is 1. The highest BCUT2D eigenvalue weighted by molar-refractivity contribution is 5.86. The first-order valence-corrected chi connectivity index (χ1v) is 10.9. The minimum absolute atomic E-state index is 0.259. The Kier molecular flexibility index (Phi) is 4.88. The van der Waals surface area contributed by atoms with Crippen molar-refractivity contribution in [1.82, 2.24) is 39.0 Å². The smallest absolute Gasteiger partial charge is 0.165 e. The summed E-state index contributed by atoms with van der Waals surface area (Å²) in [6.45, 7) is 9.96. The molecule has 0 bridgehead atoms. The number of aryl methyl sites for hydroxylation is 3. The van der Waals surface area contributed by atoms with Gasteiger partial charge in [-0.25, -0.2) is 29.9 Å². The van der Waals surface area contributed by atoms with Crippen molar-refractivity contribution in [2.45, 2.75) is 65.6 Å². The summed E-state index contributed by atoms with van der Waals surface area (Å²) < 4.78 is 4.44. The number of nitrogens with zero attached hydrogens (tertiary/aromatic N) is 8. The Bertz CT molecular complexity index is 1220. The lowest BCUT2D eigenvalue weighted by Crippen LogP contribution is -2.32. The normalized spacial score (nSPS) is 16.1. The molecular formula is C22H27N9. The van der Waals surface area contributed by atoms with Crippen molar-refractivity contribution >= 4 is 17.0 Å². The minimum Gasteiger partial charge on any atom is -0.364 e. The van der Waals surface area contributed by atoms with Crippen LogP contribution in [0.1, 0.15) is 50.5 Å². The van der Waals surface area contributed by atoms with Gasteiger partial charge in [-0.15, -0.1) is 0 Å². The number of hydrogen-bond acceptors (Lipinski definition) is 7. The summed E-state index contributed by atoms with van der Waals surface area (Å²) in [5, 5.41) is 3.64. The zero-order valence-electron chi connectivity index (χ0n) is 18.4. The molecule has 1 aliphatic rings. The van der Waals surface area contributed by atoms with Gasteiger partial charge in [0.1, 0.15) is 23.8 Å². The van der Waals surface area contributed by atoms with Gasteiger partial charge < -0.3 is 14.5 Å². The van der Waals surface area contributed by atoms with E-state index < -0.39 is 0 Å². The molecule has 0 fully saturated rings. The number of fused-ring (bicyclic) bond motifs is 2. The molecule has 1 aliphatic heterocycles. The summed E-state index contributed by atoms with van der Waals surface area (Å²) in [6.07, 6.45) is 9.28. The second kappa shape index (κ2) is 7.72. The fraction of sp³-hybridized carbons (Fsp3) is 0.455. The molecule has 5 rings (SSSR count). The predicted molar refractivity (Wildman–Crippen MR) is 119 cm³/mol. The molecule has 160 valence electrons. The van der Waals surface area contributed by atoms with E-state index in [1.807, 2.05) is 25.5 Å². The van der Waals surface area contributed by atoms with E-state index in [4.69, 9.17) is 4.98 Å². The largest absolute Gasteiger partial charge is 0.364 e. The van der Waals surface area contributed by atoms with Crippen LogP contribution in [0.15, 0.2) is 24.9 Å². The highest BCUT2D eigenvalue weighted by Gasteiger charge is 2.24. The van der Waals surface area contributed by atoms with Gasteiger partial charge in [0, 0.05) is 49.3 Å². The van der Waals surface area contributed by atoms with Crippen LogP contribution in [0.3, 0.4) is 0 Å². The Labute approximate surface area is 181 Å². The predicted octanol–water partition coefficient (Wildman–Crippen LogP) is 3.36. The third-order valence-electron chi connectivity index (χ3n) is 5.87. The van der Waals surface area contributed by atoms with E-state index in [1.54, 1.807) is 6.33 Å². The lowest BCUT2D eigenvalue weighted by atomic mass is 10.0. The van der Waals surface area contributed by atoms with Crippen LogP contribution in [0.4, 0.5) is 5.82 Å². The molecule has 0 saturated carbocycles. The highest BCUT2D eigenvalue weighted by atomic mass is 15.2. The Balaban J connectivity index is 1.49. The number of anilines is 1. The second-order valence-corrected chi connectivity index (χ2v) is 8.35. The van der Waals surface area contributed by atoms with E-state index in [9.17, 15) is 0 Å². The molecule has 0 aliphatic carbocycles. The third kappa shape index (κ3) is 3.43. The molecule has 0 saturated heterocycles. The number of aromatic nitrogens is 8. The van der Waals surface area contributed by atoms with Crippen LogP contribution >= 0.6 is 0 Å². The van der Waals surface area contributed by atoms with Gasteiger partial charge in [0.05, 0.1) is 5.56 Å². The summed E-state index contributed by atoms with van der Waals surface area (Å²) in [7, 11) is 0. The van der Waals surface area contributed by atoms with Crippen molar-refractivity contribution in [3.8, 4) is 11.4 Å². The molecule has 31 heavy (non-hydrogen) atoms. The Morgan fingerprint density at radius 1 is 1.10 bits per heavy atom. The van der Waals surface area contributed by atoms with Gasteiger partial charge in [0.15, 0.2) is 17.0 Å². The molecule has 9 heteroatoms. The third-order valence-corrected chi connectivity index (χ3v) is 5.87. The van der Waals surface area contributed by atoms with Gasteiger partial charge in [0.2, 0.25) is 0 Å². The molecule has 0 unspecified atom stereocenters. The van der Waals surface area contributed by atoms with Crippen molar-refractivity contribution < 1.29 is 0 Å². The molecule has 9 nitrogen and oxygen atoms in total. The van der Waals surface area contributed by atoms with Gasteiger partial charge in [-0.05, 0) is 26.7 Å². The lowest BCUT2D eigenvalue weighted by Gasteiger charge is -2.27. The highest BCUT2D eigenvalue weighted by Crippen LogP contribution is 2.28. The molecule has 0 radical (unpaired) electrons. The molecule has 1 atom stereocenters. The lowest BCUT2D eigenvalue weighted by molar-refractivity contribution is 0.463. The van der Waals surface area contributed by atoms with Crippen molar-refractivity contribution in [3.63, 3.8) is 0 Å². The second-order valence-electron chi connectivity index (χ2n) is 8.35. The first kappa shape index (κ1) is 19.6. The Morgan fingerprint density at radius 2 is 1.90 bits per heavy atom. The van der Waals surface area contributed by atoms with Crippen LogP contribution in [0.5, 0.6) is 0 Å². The van der Waals surface area contributed by atoms with Crippen molar-refractivity contribution in [2.75, 3.05) is 5.32 Å². The summed E-state index contributed by atoms with van der Waals surface area (Å²) in [4.78, 5) is 27.3. The molecule has 0 aromatic carbocycles. The average molecular weight is 418 g/mol. The zero-order chi connectivity index (χ0) is 21.5. The van der Waals surface area contributed by atoms with E-state index in [0.717, 1.165) is 65.9 Å². The molecule has 4 aromatic heterocycles. The van der Waals surface area contributed by atoms with Crippen LogP contribution in [0.25, 0.3) is 22.6 Å². The first-order chi connectivity index (χ1) is 15.0. The zero-order valence-corrected chi connectivity index (χ0v) is 18.4. The Morgan fingerprint density at radius 3 is 2.65 bits per heavy atom. The topological polar surface area (TPSA) is 99.2 Å². The van der Waals surface area contributed by atoms with Gasteiger partial charge >= 0.3 is 0 Å². The standard InChI is InChI=1S/C22H27N9/c1-5-30-21(15-8-23-14(4)24-9-15)29-18-19(26-12-27-22(18)30)28-16-6-7-17-10-25-20(13(2)3)31(17)11-16/h8-10,12-13,16H,5-7,11H2,1-4H3,(H,26,27,28)/t16-/m1/s1. The van der Waals surface area contributed by atoms with Crippen molar-refractivity contribution in [2.24, 2.45) is 0 Å².